The summed E-state index contributed by atoms with van der Waals surface area (Å²) >= 11 is 0. The third-order valence-corrected chi connectivity index (χ3v) is 8.39. The van der Waals surface area contributed by atoms with Crippen molar-refractivity contribution in [3.63, 3.8) is 0 Å². The summed E-state index contributed by atoms with van der Waals surface area (Å²) in [5.74, 6) is 2.50. The Balaban J connectivity index is 1.22. The summed E-state index contributed by atoms with van der Waals surface area (Å²) < 4.78 is 7.77. The maximum Gasteiger partial charge on any atom is 0.269 e. The first-order valence-corrected chi connectivity index (χ1v) is 13.0. The molecule has 3 aromatic rings. The van der Waals surface area contributed by atoms with Gasteiger partial charge in [-0.05, 0) is 72.3 Å². The van der Waals surface area contributed by atoms with Crippen LogP contribution < -0.4 is 4.74 Å². The summed E-state index contributed by atoms with van der Waals surface area (Å²) in [6, 6.07) is 12.9. The lowest BCUT2D eigenvalue weighted by molar-refractivity contribution is -0.384. The zero-order chi connectivity index (χ0) is 26.0. The van der Waals surface area contributed by atoms with Crippen molar-refractivity contribution in [1.29, 1.82) is 0 Å². The van der Waals surface area contributed by atoms with Gasteiger partial charge in [-0.3, -0.25) is 10.1 Å². The normalized spacial score (nSPS) is 25.0. The molecule has 0 radical (unpaired) electrons. The van der Waals surface area contributed by atoms with Crippen molar-refractivity contribution in [1.82, 2.24) is 15.0 Å². The van der Waals surface area contributed by atoms with Crippen molar-refractivity contribution in [2.75, 3.05) is 0 Å². The highest BCUT2D eigenvalue weighted by atomic mass is 16.6. The van der Waals surface area contributed by atoms with Crippen LogP contribution in [0.2, 0.25) is 0 Å². The summed E-state index contributed by atoms with van der Waals surface area (Å²) in [5, 5.41) is 31.9. The highest BCUT2D eigenvalue weighted by Crippen LogP contribution is 2.55. The first-order valence-electron chi connectivity index (χ1n) is 13.0. The van der Waals surface area contributed by atoms with Crippen molar-refractivity contribution < 1.29 is 14.9 Å². The van der Waals surface area contributed by atoms with Gasteiger partial charge in [-0.15, -0.1) is 10.3 Å². The zero-order valence-electron chi connectivity index (χ0n) is 21.3. The average molecular weight is 504 g/mol. The Morgan fingerprint density at radius 2 is 2.08 bits per heavy atom. The second-order valence-electron chi connectivity index (χ2n) is 10.6. The van der Waals surface area contributed by atoms with Gasteiger partial charge in [0.05, 0.1) is 17.7 Å². The standard InChI is InChI=1S/C28H33N5O4/c1-3-27-26-10-6-20-14-23(9-11-24(20)25(26)12-13-28(27,2)18-29-34)37-17-21-16-32(31-30-21)15-19-4-7-22(8-5-19)33(35)36/h4-5,7-9,11,14,16,18,25-27,34H,3,6,10,12-13,15,17H2,1-2H3/b29-18+/t25-,26-,27+,28-/m1/s1. The first-order chi connectivity index (χ1) is 17.9. The molecular weight excluding hydrogens is 470 g/mol. The van der Waals surface area contributed by atoms with Crippen molar-refractivity contribution in [2.45, 2.75) is 65.0 Å². The number of fused-ring (bicyclic) bond motifs is 3. The molecule has 5 rings (SSSR count). The van der Waals surface area contributed by atoms with Crippen LogP contribution in [0.25, 0.3) is 0 Å². The van der Waals surface area contributed by atoms with E-state index in [0.717, 1.165) is 49.1 Å². The van der Waals surface area contributed by atoms with Crippen LogP contribution >= 0.6 is 0 Å². The van der Waals surface area contributed by atoms with E-state index in [9.17, 15) is 15.3 Å². The molecule has 1 N–H and O–H groups in total. The van der Waals surface area contributed by atoms with Crippen LogP contribution in [0.15, 0.2) is 53.8 Å². The summed E-state index contributed by atoms with van der Waals surface area (Å²) in [7, 11) is 0. The van der Waals surface area contributed by atoms with E-state index in [1.165, 1.54) is 23.3 Å². The molecule has 9 heteroatoms. The van der Waals surface area contributed by atoms with Gasteiger partial charge >= 0.3 is 0 Å². The average Bonchev–Trinajstić information content (AvgIpc) is 3.34. The van der Waals surface area contributed by atoms with E-state index in [4.69, 9.17) is 4.74 Å². The Hall–Kier alpha value is -3.75. The van der Waals surface area contributed by atoms with E-state index in [2.05, 4.69) is 47.5 Å². The molecule has 37 heavy (non-hydrogen) atoms. The largest absolute Gasteiger partial charge is 0.487 e. The second kappa shape index (κ2) is 10.3. The minimum Gasteiger partial charge on any atom is -0.487 e. The number of benzene rings is 2. The lowest BCUT2D eigenvalue weighted by atomic mass is 9.54. The fourth-order valence-electron chi connectivity index (χ4n) is 6.61. The number of nitrogens with zero attached hydrogens (tertiary/aromatic N) is 5. The molecule has 1 fully saturated rings. The van der Waals surface area contributed by atoms with Gasteiger partial charge in [0, 0.05) is 23.8 Å². The van der Waals surface area contributed by atoms with E-state index >= 15 is 0 Å². The second-order valence-corrected chi connectivity index (χ2v) is 10.6. The van der Waals surface area contributed by atoms with E-state index < -0.39 is 4.92 Å². The number of aryl methyl sites for hydroxylation is 1. The number of aromatic nitrogens is 3. The van der Waals surface area contributed by atoms with Gasteiger partial charge < -0.3 is 9.94 Å². The molecular formula is C28H33N5O4. The minimum absolute atomic E-state index is 0.0405. The lowest BCUT2D eigenvalue weighted by Gasteiger charge is -2.50. The Kier molecular flexibility index (Phi) is 6.95. The summed E-state index contributed by atoms with van der Waals surface area (Å²) in [6.45, 7) is 5.30. The number of non-ortho nitro benzene ring substituents is 1. The van der Waals surface area contributed by atoms with Crippen LogP contribution in [0.3, 0.4) is 0 Å². The fraction of sp³-hybridized carbons (Fsp3) is 0.464. The Bertz CT molecular complexity index is 1290. The monoisotopic (exact) mass is 503 g/mol. The molecule has 9 nitrogen and oxygen atoms in total. The van der Waals surface area contributed by atoms with E-state index in [0.29, 0.717) is 30.9 Å². The number of oxime groups is 1. The van der Waals surface area contributed by atoms with Gasteiger partial charge in [0.15, 0.2) is 0 Å². The van der Waals surface area contributed by atoms with Gasteiger partial charge in [0.1, 0.15) is 18.1 Å². The molecule has 1 aromatic heterocycles. The lowest BCUT2D eigenvalue weighted by Crippen LogP contribution is -2.43. The topological polar surface area (TPSA) is 116 Å². The molecule has 0 spiro atoms. The molecule has 0 saturated heterocycles. The summed E-state index contributed by atoms with van der Waals surface area (Å²) in [6.07, 6.45) is 9.01. The first kappa shape index (κ1) is 24.9. The number of nitro groups is 1. The maximum atomic E-state index is 10.8. The van der Waals surface area contributed by atoms with Crippen molar-refractivity contribution in [3.05, 3.63) is 81.2 Å². The van der Waals surface area contributed by atoms with Crippen LogP contribution in [-0.2, 0) is 19.6 Å². The Morgan fingerprint density at radius 1 is 1.27 bits per heavy atom. The SMILES string of the molecule is CC[C@H]1[C@@H]2CCc3cc(OCc4cn(Cc5ccc([N+](=O)[O-])cc5)nn4)ccc3[C@H]2CC[C@]1(C)/C=N/O. The summed E-state index contributed by atoms with van der Waals surface area (Å²) in [5.41, 5.74) is 4.48. The Labute approximate surface area is 216 Å². The third kappa shape index (κ3) is 5.08. The van der Waals surface area contributed by atoms with Gasteiger partial charge in [-0.1, -0.05) is 43.7 Å². The molecule has 0 amide bonds. The molecule has 0 unspecified atom stereocenters. The number of hydrogen-bond donors (Lipinski definition) is 1. The van der Waals surface area contributed by atoms with Crippen LogP contribution in [0.4, 0.5) is 5.69 Å². The molecule has 2 aliphatic rings. The highest BCUT2D eigenvalue weighted by Gasteiger charge is 2.46. The predicted octanol–water partition coefficient (Wildman–Crippen LogP) is 5.75. The molecule has 4 atom stereocenters. The quantitative estimate of drug-likeness (QED) is 0.181. The van der Waals surface area contributed by atoms with E-state index in [-0.39, 0.29) is 11.1 Å². The van der Waals surface area contributed by atoms with E-state index in [1.807, 2.05) is 6.20 Å². The Morgan fingerprint density at radius 3 is 2.81 bits per heavy atom. The van der Waals surface area contributed by atoms with Crippen LogP contribution in [-0.4, -0.2) is 31.3 Å². The van der Waals surface area contributed by atoms with Gasteiger partial charge in [-0.2, -0.15) is 0 Å². The van der Waals surface area contributed by atoms with Crippen LogP contribution in [0.5, 0.6) is 5.75 Å². The zero-order valence-corrected chi connectivity index (χ0v) is 21.3. The van der Waals surface area contributed by atoms with Gasteiger partial charge in [0.2, 0.25) is 0 Å². The van der Waals surface area contributed by atoms with E-state index in [1.54, 1.807) is 23.0 Å². The van der Waals surface area contributed by atoms with Crippen LogP contribution in [0.1, 0.15) is 67.8 Å². The van der Waals surface area contributed by atoms with Crippen molar-refractivity contribution >= 4 is 11.9 Å². The molecule has 2 aromatic carbocycles. The number of hydrogen-bond acceptors (Lipinski definition) is 7. The molecule has 194 valence electrons. The smallest absolute Gasteiger partial charge is 0.269 e. The molecule has 1 heterocycles. The number of rotatable bonds is 8. The molecule has 2 aliphatic carbocycles. The summed E-state index contributed by atoms with van der Waals surface area (Å²) in [4.78, 5) is 10.4. The van der Waals surface area contributed by atoms with Crippen LogP contribution in [0, 0.1) is 27.4 Å². The van der Waals surface area contributed by atoms with Crippen molar-refractivity contribution in [3.8, 4) is 5.75 Å². The van der Waals surface area contributed by atoms with Gasteiger partial charge in [-0.25, -0.2) is 4.68 Å². The minimum atomic E-state index is -0.408. The number of nitro benzene ring substituents is 1. The van der Waals surface area contributed by atoms with Crippen molar-refractivity contribution in [2.24, 2.45) is 22.4 Å². The third-order valence-electron chi connectivity index (χ3n) is 8.39. The predicted molar refractivity (Wildman–Crippen MR) is 139 cm³/mol. The van der Waals surface area contributed by atoms with Gasteiger partial charge in [0.25, 0.3) is 5.69 Å². The maximum absolute atomic E-state index is 10.8. The molecule has 1 saturated carbocycles. The molecule has 0 bridgehead atoms. The fourth-order valence-corrected chi connectivity index (χ4v) is 6.61. The molecule has 0 aliphatic heterocycles. The number of ether oxygens (including phenoxy) is 1. The highest BCUT2D eigenvalue weighted by molar-refractivity contribution is 5.65.